The van der Waals surface area contributed by atoms with Crippen molar-refractivity contribution in [2.45, 2.75) is 44.6 Å². The van der Waals surface area contributed by atoms with Crippen molar-refractivity contribution in [3.63, 3.8) is 0 Å². The monoisotopic (exact) mass is 210 g/mol. The molecule has 3 heteroatoms. The van der Waals surface area contributed by atoms with Crippen LogP contribution in [-0.2, 0) is 5.54 Å². The van der Waals surface area contributed by atoms with Gasteiger partial charge in [-0.25, -0.2) is 4.98 Å². The molecule has 2 nitrogen and oxygen atoms in total. The Balaban J connectivity index is 2.24. The molecular formula is C11H18N2S. The summed E-state index contributed by atoms with van der Waals surface area (Å²) in [5.41, 5.74) is 6.37. The Kier molecular flexibility index (Phi) is 2.88. The molecule has 1 saturated carbocycles. The molecule has 1 unspecified atom stereocenters. The molecule has 1 aromatic rings. The summed E-state index contributed by atoms with van der Waals surface area (Å²) in [6.45, 7) is 2.18. The average Bonchev–Trinajstić information content (AvgIpc) is 2.88. The highest BCUT2D eigenvalue weighted by Crippen LogP contribution is 2.41. The first-order chi connectivity index (χ1) is 6.77. The Morgan fingerprint density at radius 2 is 2.29 bits per heavy atom. The second-order valence-electron chi connectivity index (χ2n) is 4.21. The number of thiazole rings is 1. The minimum Gasteiger partial charge on any atom is -0.319 e. The summed E-state index contributed by atoms with van der Waals surface area (Å²) in [5.74, 6) is 0.652. The van der Waals surface area contributed by atoms with Crippen LogP contribution in [0.2, 0.25) is 0 Å². The van der Waals surface area contributed by atoms with Gasteiger partial charge in [0.1, 0.15) is 5.01 Å². The second-order valence-corrected chi connectivity index (χ2v) is 5.11. The lowest BCUT2D eigenvalue weighted by Gasteiger charge is -2.32. The Morgan fingerprint density at radius 1 is 1.57 bits per heavy atom. The van der Waals surface area contributed by atoms with Crippen molar-refractivity contribution in [1.82, 2.24) is 4.98 Å². The van der Waals surface area contributed by atoms with E-state index in [1.807, 2.05) is 11.6 Å². The van der Waals surface area contributed by atoms with Gasteiger partial charge in [-0.3, -0.25) is 0 Å². The largest absolute Gasteiger partial charge is 0.319 e. The minimum atomic E-state index is -0.148. The van der Waals surface area contributed by atoms with Crippen molar-refractivity contribution in [1.29, 1.82) is 0 Å². The van der Waals surface area contributed by atoms with Gasteiger partial charge in [0.2, 0.25) is 0 Å². The second kappa shape index (κ2) is 3.99. The van der Waals surface area contributed by atoms with Crippen LogP contribution in [0.15, 0.2) is 11.6 Å². The summed E-state index contributed by atoms with van der Waals surface area (Å²) in [6, 6.07) is 0. The van der Waals surface area contributed by atoms with Gasteiger partial charge in [0.05, 0.1) is 5.54 Å². The third kappa shape index (κ3) is 1.59. The van der Waals surface area contributed by atoms with Gasteiger partial charge in [0, 0.05) is 11.6 Å². The van der Waals surface area contributed by atoms with Crippen LogP contribution in [-0.4, -0.2) is 4.98 Å². The fourth-order valence-electron chi connectivity index (χ4n) is 2.51. The van der Waals surface area contributed by atoms with Crippen LogP contribution in [0.4, 0.5) is 0 Å². The number of rotatable bonds is 3. The quantitative estimate of drug-likeness (QED) is 0.833. The van der Waals surface area contributed by atoms with Gasteiger partial charge >= 0.3 is 0 Å². The van der Waals surface area contributed by atoms with Gasteiger partial charge in [-0.1, -0.05) is 19.8 Å². The van der Waals surface area contributed by atoms with Crippen molar-refractivity contribution in [2.75, 3.05) is 0 Å². The normalized spacial score (nSPS) is 22.4. The summed E-state index contributed by atoms with van der Waals surface area (Å²) in [6.07, 6.45) is 8.12. The van der Waals surface area contributed by atoms with E-state index in [9.17, 15) is 0 Å². The fourth-order valence-corrected chi connectivity index (χ4v) is 3.41. The van der Waals surface area contributed by atoms with Crippen molar-refractivity contribution in [3.8, 4) is 0 Å². The van der Waals surface area contributed by atoms with E-state index >= 15 is 0 Å². The highest BCUT2D eigenvalue weighted by Gasteiger charge is 2.38. The standard InChI is InChI=1S/C11H18N2S/c1-2-11(12,9-5-3-4-6-9)10-13-7-8-14-10/h7-9H,2-6,12H2,1H3. The molecule has 1 aromatic heterocycles. The predicted octanol–water partition coefficient (Wildman–Crippen LogP) is 2.90. The molecule has 1 heterocycles. The molecule has 1 aliphatic carbocycles. The van der Waals surface area contributed by atoms with Crippen LogP contribution >= 0.6 is 11.3 Å². The molecule has 0 amide bonds. The average molecular weight is 210 g/mol. The Bertz CT molecular complexity index is 277. The first-order valence-electron chi connectivity index (χ1n) is 5.46. The zero-order chi connectivity index (χ0) is 10.0. The molecule has 14 heavy (non-hydrogen) atoms. The van der Waals surface area contributed by atoms with E-state index in [-0.39, 0.29) is 5.54 Å². The van der Waals surface area contributed by atoms with Crippen LogP contribution < -0.4 is 5.73 Å². The van der Waals surface area contributed by atoms with Gasteiger partial charge < -0.3 is 5.73 Å². The summed E-state index contributed by atoms with van der Waals surface area (Å²) in [5, 5.41) is 3.16. The number of nitrogens with two attached hydrogens (primary N) is 1. The molecule has 0 aromatic carbocycles. The highest BCUT2D eigenvalue weighted by molar-refractivity contribution is 7.09. The third-order valence-corrected chi connectivity index (χ3v) is 4.47. The lowest BCUT2D eigenvalue weighted by molar-refractivity contribution is 0.268. The maximum Gasteiger partial charge on any atom is 0.113 e. The van der Waals surface area contributed by atoms with Gasteiger partial charge in [-0.2, -0.15) is 0 Å². The van der Waals surface area contributed by atoms with Gasteiger partial charge in [0.15, 0.2) is 0 Å². The zero-order valence-electron chi connectivity index (χ0n) is 8.70. The first kappa shape index (κ1) is 10.1. The molecule has 1 aliphatic rings. The Morgan fingerprint density at radius 3 is 2.79 bits per heavy atom. The third-order valence-electron chi connectivity index (χ3n) is 3.50. The van der Waals surface area contributed by atoms with E-state index in [1.54, 1.807) is 11.3 Å². The smallest absolute Gasteiger partial charge is 0.113 e. The van der Waals surface area contributed by atoms with Gasteiger partial charge in [-0.15, -0.1) is 11.3 Å². The zero-order valence-corrected chi connectivity index (χ0v) is 9.52. The molecule has 0 saturated heterocycles. The number of hydrogen-bond acceptors (Lipinski definition) is 3. The molecular weight excluding hydrogens is 192 g/mol. The molecule has 0 spiro atoms. The molecule has 0 radical (unpaired) electrons. The minimum absolute atomic E-state index is 0.148. The van der Waals surface area contributed by atoms with Crippen LogP contribution in [0.1, 0.15) is 44.0 Å². The molecule has 1 fully saturated rings. The summed E-state index contributed by atoms with van der Waals surface area (Å²) < 4.78 is 0. The van der Waals surface area contributed by atoms with Crippen molar-refractivity contribution < 1.29 is 0 Å². The van der Waals surface area contributed by atoms with Crippen LogP contribution in [0.25, 0.3) is 0 Å². The molecule has 78 valence electrons. The number of hydrogen-bond donors (Lipinski definition) is 1. The fraction of sp³-hybridized carbons (Fsp3) is 0.727. The topological polar surface area (TPSA) is 38.9 Å². The van der Waals surface area contributed by atoms with Gasteiger partial charge in [-0.05, 0) is 25.2 Å². The van der Waals surface area contributed by atoms with E-state index < -0.39 is 0 Å². The van der Waals surface area contributed by atoms with Crippen molar-refractivity contribution in [2.24, 2.45) is 11.7 Å². The first-order valence-corrected chi connectivity index (χ1v) is 6.34. The van der Waals surface area contributed by atoms with Crippen LogP contribution in [0, 0.1) is 5.92 Å². The SMILES string of the molecule is CCC(N)(c1nccs1)C1CCCC1. The maximum atomic E-state index is 6.52. The van der Waals surface area contributed by atoms with E-state index in [0.717, 1.165) is 11.4 Å². The lowest BCUT2D eigenvalue weighted by Crippen LogP contribution is -2.42. The summed E-state index contributed by atoms with van der Waals surface area (Å²) in [7, 11) is 0. The molecule has 0 aliphatic heterocycles. The van der Waals surface area contributed by atoms with Crippen LogP contribution in [0.3, 0.4) is 0 Å². The van der Waals surface area contributed by atoms with Gasteiger partial charge in [0.25, 0.3) is 0 Å². The summed E-state index contributed by atoms with van der Waals surface area (Å²) in [4.78, 5) is 4.40. The van der Waals surface area contributed by atoms with Crippen molar-refractivity contribution in [3.05, 3.63) is 16.6 Å². The van der Waals surface area contributed by atoms with E-state index in [4.69, 9.17) is 5.73 Å². The molecule has 2 N–H and O–H groups in total. The van der Waals surface area contributed by atoms with Crippen LogP contribution in [0.5, 0.6) is 0 Å². The predicted molar refractivity (Wildman–Crippen MR) is 60.2 cm³/mol. The molecule has 0 bridgehead atoms. The Labute approximate surface area is 89.5 Å². The van der Waals surface area contributed by atoms with Crippen molar-refractivity contribution >= 4 is 11.3 Å². The Hall–Kier alpha value is -0.410. The maximum absolute atomic E-state index is 6.52. The highest BCUT2D eigenvalue weighted by atomic mass is 32.1. The molecule has 1 atom stereocenters. The number of nitrogens with zero attached hydrogens (tertiary/aromatic N) is 1. The van der Waals surface area contributed by atoms with E-state index in [2.05, 4.69) is 11.9 Å². The van der Waals surface area contributed by atoms with E-state index in [0.29, 0.717) is 5.92 Å². The molecule has 2 rings (SSSR count). The summed E-state index contributed by atoms with van der Waals surface area (Å²) >= 11 is 1.71. The number of aromatic nitrogens is 1. The lowest BCUT2D eigenvalue weighted by atomic mass is 9.82. The van der Waals surface area contributed by atoms with E-state index in [1.165, 1.54) is 25.7 Å².